The average molecular weight is 200 g/mol. The number of ether oxygens (including phenoxy) is 1. The Morgan fingerprint density at radius 1 is 1.57 bits per heavy atom. The molecule has 0 aromatic heterocycles. The molecule has 5 heteroatoms. The highest BCUT2D eigenvalue weighted by Gasteiger charge is 2.36. The minimum atomic E-state index is -0.364. The highest BCUT2D eigenvalue weighted by Crippen LogP contribution is 2.33. The Morgan fingerprint density at radius 3 is 2.64 bits per heavy atom. The summed E-state index contributed by atoms with van der Waals surface area (Å²) in [4.78, 5) is 21.7. The Kier molecular flexibility index (Phi) is 3.88. The molecule has 1 fully saturated rings. The molecule has 0 aliphatic heterocycles. The fourth-order valence-electron chi connectivity index (χ4n) is 1.35. The second-order valence-electron chi connectivity index (χ2n) is 3.51. The predicted molar refractivity (Wildman–Crippen MR) is 50.3 cm³/mol. The number of hydrogen-bond acceptors (Lipinski definition) is 4. The quantitative estimate of drug-likeness (QED) is 0.561. The van der Waals surface area contributed by atoms with Crippen molar-refractivity contribution in [2.45, 2.75) is 25.3 Å². The van der Waals surface area contributed by atoms with Crippen LogP contribution in [0.1, 0.15) is 19.3 Å². The summed E-state index contributed by atoms with van der Waals surface area (Å²) < 4.78 is 4.65. The third-order valence-electron chi connectivity index (χ3n) is 2.28. The molecule has 1 amide bonds. The number of rotatable bonds is 6. The first-order valence-electron chi connectivity index (χ1n) is 4.74. The van der Waals surface area contributed by atoms with Crippen LogP contribution in [0.2, 0.25) is 0 Å². The Hall–Kier alpha value is -1.10. The molecule has 1 aliphatic carbocycles. The summed E-state index contributed by atoms with van der Waals surface area (Å²) in [6.07, 6.45) is 2.34. The van der Waals surface area contributed by atoms with E-state index in [-0.39, 0.29) is 24.3 Å². The average Bonchev–Trinajstić information content (AvgIpc) is 2.94. The lowest BCUT2D eigenvalue weighted by Gasteiger charge is -2.14. The Morgan fingerprint density at radius 2 is 2.21 bits per heavy atom. The lowest BCUT2D eigenvalue weighted by Crippen LogP contribution is -2.40. The van der Waals surface area contributed by atoms with Crippen LogP contribution >= 0.6 is 0 Å². The lowest BCUT2D eigenvalue weighted by molar-refractivity contribution is -0.143. The van der Waals surface area contributed by atoms with Gasteiger partial charge in [0, 0.05) is 13.0 Å². The van der Waals surface area contributed by atoms with Crippen molar-refractivity contribution in [2.24, 2.45) is 11.7 Å². The van der Waals surface area contributed by atoms with Crippen molar-refractivity contribution in [3.05, 3.63) is 0 Å². The van der Waals surface area contributed by atoms with E-state index in [0.717, 1.165) is 12.8 Å². The van der Waals surface area contributed by atoms with E-state index in [0.29, 0.717) is 12.5 Å². The Bertz CT molecular complexity index is 226. The maximum atomic E-state index is 11.3. The highest BCUT2D eigenvalue weighted by atomic mass is 16.5. The zero-order valence-corrected chi connectivity index (χ0v) is 8.29. The molecule has 80 valence electrons. The number of carbonyl (C=O) groups excluding carboxylic acids is 2. The molecule has 0 saturated heterocycles. The molecular weight excluding hydrogens is 184 g/mol. The molecule has 0 bridgehead atoms. The van der Waals surface area contributed by atoms with Crippen LogP contribution in [-0.4, -0.2) is 31.6 Å². The van der Waals surface area contributed by atoms with Crippen LogP contribution in [0.5, 0.6) is 0 Å². The van der Waals surface area contributed by atoms with E-state index in [9.17, 15) is 9.59 Å². The van der Waals surface area contributed by atoms with Gasteiger partial charge in [0.05, 0.1) is 7.11 Å². The molecular formula is C9H16N2O3. The van der Waals surface area contributed by atoms with Crippen molar-refractivity contribution < 1.29 is 14.3 Å². The normalized spacial score (nSPS) is 17.5. The molecule has 1 aliphatic rings. The van der Waals surface area contributed by atoms with Gasteiger partial charge >= 0.3 is 5.97 Å². The molecule has 0 aromatic carbocycles. The van der Waals surface area contributed by atoms with Gasteiger partial charge in [-0.05, 0) is 18.8 Å². The van der Waals surface area contributed by atoms with Crippen molar-refractivity contribution in [2.75, 3.05) is 13.7 Å². The highest BCUT2D eigenvalue weighted by molar-refractivity contribution is 5.77. The van der Waals surface area contributed by atoms with E-state index in [1.54, 1.807) is 0 Å². The number of primary amides is 1. The van der Waals surface area contributed by atoms with Gasteiger partial charge in [0.2, 0.25) is 5.91 Å². The van der Waals surface area contributed by atoms with Crippen molar-refractivity contribution in [3.8, 4) is 0 Å². The number of carbonyl (C=O) groups is 2. The van der Waals surface area contributed by atoms with E-state index in [1.165, 1.54) is 7.11 Å². The third-order valence-corrected chi connectivity index (χ3v) is 2.28. The van der Waals surface area contributed by atoms with E-state index in [1.807, 2.05) is 0 Å². The first kappa shape index (κ1) is 11.0. The monoisotopic (exact) mass is 200 g/mol. The van der Waals surface area contributed by atoms with Crippen molar-refractivity contribution in [1.29, 1.82) is 0 Å². The number of nitrogens with one attached hydrogen (secondary N) is 1. The molecule has 0 radical (unpaired) electrons. The smallest absolute Gasteiger partial charge is 0.323 e. The van der Waals surface area contributed by atoms with Gasteiger partial charge in [-0.25, -0.2) is 0 Å². The Labute approximate surface area is 83.0 Å². The molecule has 0 spiro atoms. The van der Waals surface area contributed by atoms with Gasteiger partial charge in [-0.3, -0.25) is 9.59 Å². The molecule has 1 atom stereocenters. The maximum Gasteiger partial charge on any atom is 0.323 e. The zero-order valence-electron chi connectivity index (χ0n) is 8.29. The Balaban J connectivity index is 2.28. The van der Waals surface area contributed by atoms with Gasteiger partial charge in [-0.15, -0.1) is 0 Å². The van der Waals surface area contributed by atoms with Crippen LogP contribution in [0.4, 0.5) is 0 Å². The van der Waals surface area contributed by atoms with Crippen LogP contribution in [0.3, 0.4) is 0 Å². The van der Waals surface area contributed by atoms with Crippen molar-refractivity contribution in [1.82, 2.24) is 5.32 Å². The van der Waals surface area contributed by atoms with Crippen LogP contribution in [-0.2, 0) is 14.3 Å². The number of methoxy groups -OCH3 is 1. The first-order chi connectivity index (χ1) is 6.65. The predicted octanol–water partition coefficient (Wildman–Crippen LogP) is -0.597. The lowest BCUT2D eigenvalue weighted by atomic mass is 10.2. The first-order valence-corrected chi connectivity index (χ1v) is 4.74. The zero-order chi connectivity index (χ0) is 10.6. The van der Waals surface area contributed by atoms with Crippen LogP contribution in [0.15, 0.2) is 0 Å². The van der Waals surface area contributed by atoms with Gasteiger partial charge < -0.3 is 15.8 Å². The maximum absolute atomic E-state index is 11.3. The van der Waals surface area contributed by atoms with E-state index < -0.39 is 0 Å². The van der Waals surface area contributed by atoms with Gasteiger partial charge in [0.25, 0.3) is 0 Å². The molecule has 1 saturated carbocycles. The fraction of sp³-hybridized carbons (Fsp3) is 0.778. The largest absolute Gasteiger partial charge is 0.468 e. The molecule has 0 aromatic rings. The van der Waals surface area contributed by atoms with E-state index in [4.69, 9.17) is 5.73 Å². The summed E-state index contributed by atoms with van der Waals surface area (Å²) in [5.41, 5.74) is 4.98. The summed E-state index contributed by atoms with van der Waals surface area (Å²) in [5.74, 6) is -0.246. The summed E-state index contributed by atoms with van der Waals surface area (Å²) in [7, 11) is 1.37. The molecule has 14 heavy (non-hydrogen) atoms. The second-order valence-corrected chi connectivity index (χ2v) is 3.51. The third kappa shape index (κ3) is 3.33. The van der Waals surface area contributed by atoms with E-state index >= 15 is 0 Å². The standard InChI is InChI=1S/C9H16N2O3/c1-14-9(13)8(6-2-3-6)11-5-4-7(10)12/h6,8,11H,2-5H2,1H3,(H2,10,12). The molecule has 3 N–H and O–H groups in total. The summed E-state index contributed by atoms with van der Waals surface area (Å²) in [6, 6.07) is -0.264. The SMILES string of the molecule is COC(=O)C(NCCC(N)=O)C1CC1. The van der Waals surface area contributed by atoms with Gasteiger partial charge in [-0.1, -0.05) is 0 Å². The van der Waals surface area contributed by atoms with Gasteiger partial charge in [0.15, 0.2) is 0 Å². The molecule has 1 unspecified atom stereocenters. The van der Waals surface area contributed by atoms with Crippen molar-refractivity contribution in [3.63, 3.8) is 0 Å². The number of esters is 1. The van der Waals surface area contributed by atoms with Crippen LogP contribution in [0.25, 0.3) is 0 Å². The molecule has 1 rings (SSSR count). The number of nitrogens with two attached hydrogens (primary N) is 1. The second kappa shape index (κ2) is 4.95. The topological polar surface area (TPSA) is 81.4 Å². The van der Waals surface area contributed by atoms with Crippen molar-refractivity contribution >= 4 is 11.9 Å². The summed E-state index contributed by atoms with van der Waals surface area (Å²) >= 11 is 0. The fourth-order valence-corrected chi connectivity index (χ4v) is 1.35. The molecule has 5 nitrogen and oxygen atoms in total. The van der Waals surface area contributed by atoms with Crippen LogP contribution in [0, 0.1) is 5.92 Å². The van der Waals surface area contributed by atoms with E-state index in [2.05, 4.69) is 10.1 Å². The minimum Gasteiger partial charge on any atom is -0.468 e. The molecule has 0 heterocycles. The summed E-state index contributed by atoms with van der Waals surface area (Å²) in [6.45, 7) is 0.436. The number of hydrogen-bond donors (Lipinski definition) is 2. The van der Waals surface area contributed by atoms with Gasteiger partial charge in [-0.2, -0.15) is 0 Å². The summed E-state index contributed by atoms with van der Waals surface area (Å²) in [5, 5.41) is 2.99. The minimum absolute atomic E-state index is 0.250. The van der Waals surface area contributed by atoms with Crippen LogP contribution < -0.4 is 11.1 Å². The number of amides is 1. The van der Waals surface area contributed by atoms with Gasteiger partial charge in [0.1, 0.15) is 6.04 Å².